The molecule has 2 nitrogen and oxygen atoms in total. The van der Waals surface area contributed by atoms with Crippen LogP contribution in [0.2, 0.25) is 0 Å². The molecule has 2 heteroatoms. The highest BCUT2D eigenvalue weighted by Crippen LogP contribution is 2.54. The average molecular weight is 229 g/mol. The first-order chi connectivity index (χ1) is 7.81. The van der Waals surface area contributed by atoms with Crippen LogP contribution in [0.1, 0.15) is 40.5 Å². The Balaban J connectivity index is 2.58. The van der Waals surface area contributed by atoms with Crippen LogP contribution >= 0.6 is 0 Å². The number of carbonyl (C=O) groups excluding carboxylic acids is 1. The van der Waals surface area contributed by atoms with Crippen molar-refractivity contribution in [1.82, 2.24) is 0 Å². The Labute approximate surface area is 103 Å². The van der Waals surface area contributed by atoms with Crippen LogP contribution in [-0.2, 0) is 4.79 Å². The molecule has 0 aromatic rings. The Bertz CT molecular complexity index is 476. The Kier molecular flexibility index (Phi) is 2.54. The van der Waals surface area contributed by atoms with Crippen LogP contribution in [0.5, 0.6) is 0 Å². The number of ketones is 1. The fourth-order valence-electron chi connectivity index (χ4n) is 3.64. The minimum absolute atomic E-state index is 0.00966. The number of rotatable bonds is 0. The number of fused-ring (bicyclic) bond motifs is 1. The lowest BCUT2D eigenvalue weighted by atomic mass is 9.53. The van der Waals surface area contributed by atoms with Crippen molar-refractivity contribution >= 4 is 5.78 Å². The number of allylic oxidation sites excluding steroid dienone is 4. The lowest BCUT2D eigenvalue weighted by molar-refractivity contribution is -0.129. The molecule has 0 N–H and O–H groups in total. The van der Waals surface area contributed by atoms with Gasteiger partial charge in [0.1, 0.15) is 6.07 Å². The molecule has 0 aromatic heterocycles. The normalized spacial score (nSPS) is 35.5. The molecule has 2 aliphatic rings. The molecule has 2 rings (SSSR count). The molecule has 0 radical (unpaired) electrons. The molecule has 0 amide bonds. The molecule has 17 heavy (non-hydrogen) atoms. The summed E-state index contributed by atoms with van der Waals surface area (Å²) in [5, 5.41) is 9.11. The first-order valence-corrected chi connectivity index (χ1v) is 6.14. The third-order valence-electron chi connectivity index (χ3n) is 4.45. The van der Waals surface area contributed by atoms with E-state index in [4.69, 9.17) is 5.26 Å². The van der Waals surface area contributed by atoms with Crippen LogP contribution in [-0.4, -0.2) is 5.78 Å². The molecule has 0 heterocycles. The molecule has 0 fully saturated rings. The van der Waals surface area contributed by atoms with E-state index in [2.05, 4.69) is 26.0 Å². The lowest BCUT2D eigenvalue weighted by Gasteiger charge is -2.49. The number of nitrogens with zero attached hydrogens (tertiary/aromatic N) is 1. The predicted molar refractivity (Wildman–Crippen MR) is 67.1 cm³/mol. The van der Waals surface area contributed by atoms with E-state index < -0.39 is 5.41 Å². The number of carbonyl (C=O) groups is 1. The highest BCUT2D eigenvalue weighted by atomic mass is 16.1. The summed E-state index contributed by atoms with van der Waals surface area (Å²) >= 11 is 0. The van der Waals surface area contributed by atoms with Gasteiger partial charge in [-0.15, -0.1) is 0 Å². The largest absolute Gasteiger partial charge is 0.293 e. The maximum Gasteiger partial charge on any atom is 0.178 e. The Hall–Kier alpha value is -1.36. The van der Waals surface area contributed by atoms with Crippen LogP contribution in [0.4, 0.5) is 0 Å². The number of Topliss-reactive ketones (excluding diaryl/α,β-unsaturated/α-hetero) is 1. The Morgan fingerprint density at radius 3 is 2.65 bits per heavy atom. The van der Waals surface area contributed by atoms with E-state index in [-0.39, 0.29) is 11.2 Å². The second-order valence-corrected chi connectivity index (χ2v) is 6.24. The van der Waals surface area contributed by atoms with E-state index in [0.717, 1.165) is 12.8 Å². The molecule has 0 saturated heterocycles. The maximum absolute atomic E-state index is 12.2. The van der Waals surface area contributed by atoms with Gasteiger partial charge in [-0.1, -0.05) is 38.5 Å². The quantitative estimate of drug-likeness (QED) is 0.597. The van der Waals surface area contributed by atoms with Crippen LogP contribution in [0.3, 0.4) is 0 Å². The molecular formula is C15H19NO. The molecule has 2 unspecified atom stereocenters. The summed E-state index contributed by atoms with van der Waals surface area (Å²) in [5.74, 6) is 0.318. The Morgan fingerprint density at radius 2 is 2.06 bits per heavy atom. The maximum atomic E-state index is 12.2. The van der Waals surface area contributed by atoms with Gasteiger partial charge in [-0.2, -0.15) is 5.26 Å². The minimum Gasteiger partial charge on any atom is -0.293 e. The van der Waals surface area contributed by atoms with E-state index in [9.17, 15) is 4.79 Å². The molecule has 2 atom stereocenters. The molecule has 2 aliphatic carbocycles. The molecule has 0 saturated carbocycles. The number of nitriles is 1. The zero-order valence-corrected chi connectivity index (χ0v) is 11.0. The van der Waals surface area contributed by atoms with Crippen molar-refractivity contribution in [3.05, 3.63) is 23.3 Å². The summed E-state index contributed by atoms with van der Waals surface area (Å²) in [5.41, 5.74) is 1.25. The van der Waals surface area contributed by atoms with Crippen molar-refractivity contribution < 1.29 is 4.79 Å². The van der Waals surface area contributed by atoms with Crippen molar-refractivity contribution in [3.8, 4) is 6.07 Å². The van der Waals surface area contributed by atoms with E-state index in [0.29, 0.717) is 11.5 Å². The summed E-state index contributed by atoms with van der Waals surface area (Å²) in [4.78, 5) is 12.2. The summed E-state index contributed by atoms with van der Waals surface area (Å²) < 4.78 is 0. The van der Waals surface area contributed by atoms with Crippen molar-refractivity contribution in [2.24, 2.45) is 16.7 Å². The van der Waals surface area contributed by atoms with Gasteiger partial charge in [-0.05, 0) is 31.1 Å². The summed E-state index contributed by atoms with van der Waals surface area (Å²) in [7, 11) is 0. The van der Waals surface area contributed by atoms with E-state index >= 15 is 0 Å². The SMILES string of the molecule is CC1=CCC2C(C)(C=C(C#N)C(=O)C2(C)C)C1. The summed E-state index contributed by atoms with van der Waals surface area (Å²) in [6.45, 7) is 8.28. The topological polar surface area (TPSA) is 40.9 Å². The highest BCUT2D eigenvalue weighted by Gasteiger charge is 2.51. The molecule has 0 aliphatic heterocycles. The molecular weight excluding hydrogens is 210 g/mol. The molecule has 0 aromatic carbocycles. The minimum atomic E-state index is -0.425. The van der Waals surface area contributed by atoms with Gasteiger partial charge in [0.25, 0.3) is 0 Å². The Morgan fingerprint density at radius 1 is 1.41 bits per heavy atom. The van der Waals surface area contributed by atoms with Gasteiger partial charge in [0.2, 0.25) is 0 Å². The van der Waals surface area contributed by atoms with Crippen molar-refractivity contribution in [2.45, 2.75) is 40.5 Å². The monoisotopic (exact) mass is 229 g/mol. The van der Waals surface area contributed by atoms with Gasteiger partial charge in [-0.25, -0.2) is 0 Å². The first kappa shape index (κ1) is 12.1. The predicted octanol–water partition coefficient (Wildman–Crippen LogP) is 3.41. The van der Waals surface area contributed by atoms with Gasteiger partial charge in [0.15, 0.2) is 5.78 Å². The van der Waals surface area contributed by atoms with Gasteiger partial charge in [-0.3, -0.25) is 4.79 Å². The molecule has 0 spiro atoms. The third kappa shape index (κ3) is 1.65. The standard InChI is InChI=1S/C15H19NO/c1-10-5-6-12-14(2,3)13(17)11(9-16)8-15(12,4)7-10/h5,8,12H,6-7H2,1-4H3. The number of hydrogen-bond donors (Lipinski definition) is 0. The van der Waals surface area contributed by atoms with E-state index in [1.807, 2.05) is 19.9 Å². The molecule has 90 valence electrons. The van der Waals surface area contributed by atoms with Gasteiger partial charge < -0.3 is 0 Å². The third-order valence-corrected chi connectivity index (χ3v) is 4.45. The van der Waals surface area contributed by atoms with Crippen LogP contribution in [0.15, 0.2) is 23.3 Å². The zero-order chi connectivity index (χ0) is 12.8. The summed E-state index contributed by atoms with van der Waals surface area (Å²) in [6.07, 6.45) is 6.06. The van der Waals surface area contributed by atoms with Crippen molar-refractivity contribution in [3.63, 3.8) is 0 Å². The van der Waals surface area contributed by atoms with E-state index in [1.54, 1.807) is 0 Å². The second-order valence-electron chi connectivity index (χ2n) is 6.24. The van der Waals surface area contributed by atoms with Gasteiger partial charge >= 0.3 is 0 Å². The van der Waals surface area contributed by atoms with Crippen molar-refractivity contribution in [1.29, 1.82) is 5.26 Å². The van der Waals surface area contributed by atoms with E-state index in [1.165, 1.54) is 5.57 Å². The fraction of sp³-hybridized carbons (Fsp3) is 0.600. The first-order valence-electron chi connectivity index (χ1n) is 6.14. The second kappa shape index (κ2) is 3.57. The zero-order valence-electron chi connectivity index (χ0n) is 11.0. The average Bonchev–Trinajstić information content (AvgIpc) is 2.23. The highest BCUT2D eigenvalue weighted by molar-refractivity contribution is 6.04. The summed E-state index contributed by atoms with van der Waals surface area (Å²) in [6, 6.07) is 2.07. The fourth-order valence-corrected chi connectivity index (χ4v) is 3.64. The van der Waals surface area contributed by atoms with Gasteiger partial charge in [0.05, 0.1) is 5.57 Å². The lowest BCUT2D eigenvalue weighted by Crippen LogP contribution is -2.47. The van der Waals surface area contributed by atoms with Crippen LogP contribution in [0.25, 0.3) is 0 Å². The number of hydrogen-bond acceptors (Lipinski definition) is 2. The van der Waals surface area contributed by atoms with Crippen molar-refractivity contribution in [2.75, 3.05) is 0 Å². The van der Waals surface area contributed by atoms with Crippen LogP contribution in [0, 0.1) is 28.1 Å². The van der Waals surface area contributed by atoms with Crippen LogP contribution < -0.4 is 0 Å². The smallest absolute Gasteiger partial charge is 0.178 e. The molecule has 0 bridgehead atoms. The van der Waals surface area contributed by atoms with Gasteiger partial charge in [0, 0.05) is 5.41 Å².